The molecule has 0 aliphatic carbocycles. The van der Waals surface area contributed by atoms with Gasteiger partial charge in [0, 0.05) is 43.1 Å². The van der Waals surface area contributed by atoms with E-state index >= 15 is 0 Å². The molecule has 6 aromatic carbocycles. The van der Waals surface area contributed by atoms with Crippen LogP contribution in [0.2, 0.25) is 0 Å². The summed E-state index contributed by atoms with van der Waals surface area (Å²) in [4.78, 5) is 15.0. The summed E-state index contributed by atoms with van der Waals surface area (Å²) in [6.45, 7) is 0. The summed E-state index contributed by atoms with van der Waals surface area (Å²) in [7, 11) is 0. The average molecular weight is 621 g/mol. The van der Waals surface area contributed by atoms with Gasteiger partial charge in [-0.05, 0) is 51.7 Å². The number of thiophene rings is 1. The van der Waals surface area contributed by atoms with E-state index in [0.717, 1.165) is 33.8 Å². The number of pyridine rings is 1. The van der Waals surface area contributed by atoms with Crippen LogP contribution in [0, 0.1) is 0 Å². The highest BCUT2D eigenvalue weighted by molar-refractivity contribution is 7.25. The second kappa shape index (κ2) is 11.5. The van der Waals surface area contributed by atoms with Crippen LogP contribution in [0.25, 0.3) is 53.3 Å². The topological polar surface area (TPSA) is 49.6 Å². The van der Waals surface area contributed by atoms with Gasteiger partial charge in [0.15, 0.2) is 5.84 Å². The standard InChI is InChI=1S/C42H28N4S/c1-3-10-29(11-4-1)40-44-41(30-12-5-2-6-13-30)46-42(45-40)31-18-16-28(17-19-31)39-38-35-26-34(21-22-36(35)47-37(38)23-24-43-39)33-20-15-27-9-7-8-14-32(27)25-33/h1-26,40H,(H,44,45,46). The molecule has 1 unspecified atom stereocenters. The minimum atomic E-state index is -0.233. The Morgan fingerprint density at radius 3 is 2.04 bits per heavy atom. The first kappa shape index (κ1) is 27.4. The molecule has 2 aromatic heterocycles. The van der Waals surface area contributed by atoms with Crippen LogP contribution in [0.1, 0.15) is 22.9 Å². The first-order chi connectivity index (χ1) is 23.3. The molecule has 0 spiro atoms. The number of aromatic nitrogens is 1. The molecule has 0 amide bonds. The lowest BCUT2D eigenvalue weighted by Gasteiger charge is -2.23. The molecule has 1 aliphatic rings. The summed E-state index contributed by atoms with van der Waals surface area (Å²) in [6.07, 6.45) is 1.69. The zero-order valence-corrected chi connectivity index (χ0v) is 26.2. The minimum Gasteiger partial charge on any atom is -0.344 e. The van der Waals surface area contributed by atoms with E-state index in [1.54, 1.807) is 0 Å². The molecule has 4 nitrogen and oxygen atoms in total. The molecule has 1 atom stereocenters. The maximum Gasteiger partial charge on any atom is 0.159 e. The van der Waals surface area contributed by atoms with Crippen molar-refractivity contribution in [1.82, 2.24) is 10.3 Å². The average Bonchev–Trinajstić information content (AvgIpc) is 3.53. The number of nitrogens with zero attached hydrogens (tertiary/aromatic N) is 3. The van der Waals surface area contributed by atoms with Gasteiger partial charge in [-0.15, -0.1) is 11.3 Å². The fraction of sp³-hybridized carbons (Fsp3) is 0.0238. The largest absolute Gasteiger partial charge is 0.344 e. The Morgan fingerprint density at radius 2 is 1.21 bits per heavy atom. The number of aliphatic imine (C=N–C) groups is 2. The maximum absolute atomic E-state index is 5.04. The smallest absolute Gasteiger partial charge is 0.159 e. The molecular formula is C42H28N4S. The van der Waals surface area contributed by atoms with E-state index in [1.165, 1.54) is 42.1 Å². The van der Waals surface area contributed by atoms with E-state index in [4.69, 9.17) is 15.0 Å². The molecule has 0 bridgehead atoms. The molecule has 9 rings (SSSR count). The zero-order chi connectivity index (χ0) is 31.2. The van der Waals surface area contributed by atoms with Crippen molar-refractivity contribution in [3.05, 3.63) is 175 Å². The molecule has 5 heteroatoms. The van der Waals surface area contributed by atoms with E-state index in [1.807, 2.05) is 53.9 Å². The van der Waals surface area contributed by atoms with Gasteiger partial charge in [-0.25, -0.2) is 9.98 Å². The quantitative estimate of drug-likeness (QED) is 0.208. The normalized spacial score (nSPS) is 14.6. The number of hydrogen-bond donors (Lipinski definition) is 1. The summed E-state index contributed by atoms with van der Waals surface area (Å²) in [5.74, 6) is 1.52. The van der Waals surface area contributed by atoms with Gasteiger partial charge in [-0.1, -0.05) is 127 Å². The molecule has 3 heterocycles. The van der Waals surface area contributed by atoms with E-state index < -0.39 is 0 Å². The van der Waals surface area contributed by atoms with Gasteiger partial charge in [0.1, 0.15) is 12.0 Å². The van der Waals surface area contributed by atoms with Gasteiger partial charge in [0.05, 0.1) is 5.69 Å². The molecule has 47 heavy (non-hydrogen) atoms. The van der Waals surface area contributed by atoms with Crippen LogP contribution < -0.4 is 5.32 Å². The fourth-order valence-corrected chi connectivity index (χ4v) is 7.48. The van der Waals surface area contributed by atoms with Crippen molar-refractivity contribution in [2.45, 2.75) is 6.17 Å². The number of benzene rings is 6. The third-order valence-corrected chi connectivity index (χ3v) is 9.92. The predicted molar refractivity (Wildman–Crippen MR) is 197 cm³/mol. The predicted octanol–water partition coefficient (Wildman–Crippen LogP) is 10.4. The van der Waals surface area contributed by atoms with Crippen LogP contribution in [0.15, 0.2) is 168 Å². The Kier molecular flexibility index (Phi) is 6.69. The minimum absolute atomic E-state index is 0.233. The molecule has 0 saturated heterocycles. The van der Waals surface area contributed by atoms with Gasteiger partial charge in [0.25, 0.3) is 0 Å². The van der Waals surface area contributed by atoms with Crippen LogP contribution in [-0.2, 0) is 0 Å². The summed E-state index contributed by atoms with van der Waals surface area (Å²) >= 11 is 1.82. The number of amidine groups is 2. The Labute approximate surface area is 276 Å². The monoisotopic (exact) mass is 620 g/mol. The zero-order valence-electron chi connectivity index (χ0n) is 25.3. The van der Waals surface area contributed by atoms with Crippen molar-refractivity contribution in [1.29, 1.82) is 0 Å². The molecule has 0 fully saturated rings. The first-order valence-electron chi connectivity index (χ1n) is 15.7. The highest BCUT2D eigenvalue weighted by Crippen LogP contribution is 2.41. The fourth-order valence-electron chi connectivity index (χ4n) is 6.39. The van der Waals surface area contributed by atoms with Gasteiger partial charge in [-0.2, -0.15) is 0 Å². The van der Waals surface area contributed by atoms with Crippen molar-refractivity contribution in [3.63, 3.8) is 0 Å². The highest BCUT2D eigenvalue weighted by Gasteiger charge is 2.21. The molecule has 1 aliphatic heterocycles. The number of rotatable bonds is 5. The molecule has 1 N–H and O–H groups in total. The van der Waals surface area contributed by atoms with Crippen LogP contribution in [0.5, 0.6) is 0 Å². The van der Waals surface area contributed by atoms with E-state index in [-0.39, 0.29) is 6.17 Å². The molecular weight excluding hydrogens is 593 g/mol. The SMILES string of the molecule is c1ccc(C2=NC(c3ccc(-c4nccc5sc6ccc(-c7ccc8ccccc8c7)cc6c45)cc3)=NC(c3ccccc3)N2)cc1. The number of fused-ring (bicyclic) bond motifs is 4. The second-order valence-corrected chi connectivity index (χ2v) is 12.8. The molecule has 222 valence electrons. The van der Waals surface area contributed by atoms with Gasteiger partial charge >= 0.3 is 0 Å². The molecule has 0 radical (unpaired) electrons. The van der Waals surface area contributed by atoms with Gasteiger partial charge in [0.2, 0.25) is 0 Å². The van der Waals surface area contributed by atoms with Crippen LogP contribution in [-0.4, -0.2) is 16.7 Å². The second-order valence-electron chi connectivity index (χ2n) is 11.7. The van der Waals surface area contributed by atoms with E-state index in [9.17, 15) is 0 Å². The summed E-state index contributed by atoms with van der Waals surface area (Å²) < 4.78 is 2.49. The van der Waals surface area contributed by atoms with Crippen LogP contribution >= 0.6 is 11.3 Å². The van der Waals surface area contributed by atoms with E-state index in [2.05, 4.69) is 121 Å². The van der Waals surface area contributed by atoms with Crippen molar-refractivity contribution in [2.24, 2.45) is 9.98 Å². The lowest BCUT2D eigenvalue weighted by atomic mass is 9.98. The third kappa shape index (κ3) is 5.07. The lowest BCUT2D eigenvalue weighted by molar-refractivity contribution is 0.674. The van der Waals surface area contributed by atoms with Gasteiger partial charge < -0.3 is 5.32 Å². The molecule has 0 saturated carbocycles. The van der Waals surface area contributed by atoms with Crippen molar-refractivity contribution < 1.29 is 0 Å². The number of nitrogens with one attached hydrogen (secondary N) is 1. The van der Waals surface area contributed by atoms with Crippen molar-refractivity contribution in [3.8, 4) is 22.4 Å². The Balaban J connectivity index is 1.11. The number of hydrogen-bond acceptors (Lipinski definition) is 5. The van der Waals surface area contributed by atoms with Gasteiger partial charge in [-0.3, -0.25) is 4.98 Å². The van der Waals surface area contributed by atoms with Crippen molar-refractivity contribution in [2.75, 3.05) is 0 Å². The Bertz CT molecular complexity index is 2480. The Morgan fingerprint density at radius 1 is 0.532 bits per heavy atom. The highest BCUT2D eigenvalue weighted by atomic mass is 32.1. The van der Waals surface area contributed by atoms with Crippen LogP contribution in [0.3, 0.4) is 0 Å². The summed E-state index contributed by atoms with van der Waals surface area (Å²) in [6, 6.07) is 53.2. The summed E-state index contributed by atoms with van der Waals surface area (Å²) in [5, 5.41) is 8.45. The summed E-state index contributed by atoms with van der Waals surface area (Å²) in [5.41, 5.74) is 7.55. The first-order valence-corrected chi connectivity index (χ1v) is 16.5. The van der Waals surface area contributed by atoms with Crippen LogP contribution in [0.4, 0.5) is 0 Å². The van der Waals surface area contributed by atoms with Crippen molar-refractivity contribution >= 4 is 54.0 Å². The van der Waals surface area contributed by atoms with E-state index in [0.29, 0.717) is 5.84 Å². The molecule has 8 aromatic rings. The maximum atomic E-state index is 5.04. The third-order valence-electron chi connectivity index (χ3n) is 8.79. The lowest BCUT2D eigenvalue weighted by Crippen LogP contribution is -2.33. The Hall–Kier alpha value is -5.91.